The van der Waals surface area contributed by atoms with Gasteiger partial charge in [-0.2, -0.15) is 0 Å². The Kier molecular flexibility index (Phi) is 5.15. The Morgan fingerprint density at radius 3 is 2.76 bits per heavy atom. The van der Waals surface area contributed by atoms with Gasteiger partial charge in [0.05, 0.1) is 7.11 Å². The van der Waals surface area contributed by atoms with Crippen molar-refractivity contribution in [3.63, 3.8) is 0 Å². The fourth-order valence-corrected chi connectivity index (χ4v) is 3.68. The molecule has 0 bridgehead atoms. The minimum absolute atomic E-state index is 0.516. The Morgan fingerprint density at radius 2 is 2.00 bits per heavy atom. The lowest BCUT2D eigenvalue weighted by molar-refractivity contribution is 0.279. The number of fused-ring (bicyclic) bond motifs is 1. The average Bonchev–Trinajstić information content (AvgIpc) is 2.73. The summed E-state index contributed by atoms with van der Waals surface area (Å²) in [7, 11) is 1.75. The van der Waals surface area contributed by atoms with Gasteiger partial charge in [-0.25, -0.2) is 0 Å². The van der Waals surface area contributed by atoms with E-state index < -0.39 is 0 Å². The molecule has 0 radical (unpaired) electrons. The first-order chi connectivity index (χ1) is 10.4. The van der Waals surface area contributed by atoms with Gasteiger partial charge in [0, 0.05) is 19.1 Å². The monoisotopic (exact) mass is 288 g/mol. The number of methoxy groups -OCH3 is 1. The molecule has 1 aromatic carbocycles. The zero-order valence-corrected chi connectivity index (χ0v) is 13.2. The van der Waals surface area contributed by atoms with Gasteiger partial charge in [-0.15, -0.1) is 0 Å². The molecular weight excluding hydrogens is 260 g/mol. The van der Waals surface area contributed by atoms with Crippen molar-refractivity contribution in [3.05, 3.63) is 29.3 Å². The van der Waals surface area contributed by atoms with E-state index in [1.165, 1.54) is 69.3 Å². The fourth-order valence-electron chi connectivity index (χ4n) is 3.68. The summed E-state index contributed by atoms with van der Waals surface area (Å²) in [5.41, 5.74) is 2.94. The standard InChI is InChI=1S/C18H28N2O/c1-21-16-8-6-15-7-9-18(17(15)14-16)19-10-13-20-11-4-2-3-5-12-20/h6,8,14,18-19H,2-5,7,9-13H2,1H3. The van der Waals surface area contributed by atoms with Crippen LogP contribution in [0.2, 0.25) is 0 Å². The Balaban J connectivity index is 1.51. The number of hydrogen-bond donors (Lipinski definition) is 1. The molecule has 0 spiro atoms. The van der Waals surface area contributed by atoms with Crippen molar-refractivity contribution >= 4 is 0 Å². The Morgan fingerprint density at radius 1 is 1.19 bits per heavy atom. The zero-order chi connectivity index (χ0) is 14.5. The minimum atomic E-state index is 0.516. The second kappa shape index (κ2) is 7.28. The summed E-state index contributed by atoms with van der Waals surface area (Å²) in [6.45, 7) is 4.87. The van der Waals surface area contributed by atoms with Crippen LogP contribution in [0.5, 0.6) is 5.75 Å². The lowest BCUT2D eigenvalue weighted by Gasteiger charge is -2.22. The smallest absolute Gasteiger partial charge is 0.119 e. The van der Waals surface area contributed by atoms with Crippen molar-refractivity contribution in [3.8, 4) is 5.75 Å². The second-order valence-corrected chi connectivity index (χ2v) is 6.37. The summed E-state index contributed by atoms with van der Waals surface area (Å²) in [4.78, 5) is 2.63. The molecule has 1 atom stereocenters. The third-order valence-corrected chi connectivity index (χ3v) is 4.95. The number of nitrogens with zero attached hydrogens (tertiary/aromatic N) is 1. The van der Waals surface area contributed by atoms with E-state index in [2.05, 4.69) is 28.4 Å². The third-order valence-electron chi connectivity index (χ3n) is 4.95. The van der Waals surface area contributed by atoms with Crippen molar-refractivity contribution in [1.82, 2.24) is 10.2 Å². The number of ether oxygens (including phenoxy) is 1. The molecule has 1 fully saturated rings. The SMILES string of the molecule is COc1ccc2c(c1)C(NCCN1CCCCCC1)CC2. The predicted molar refractivity (Wildman–Crippen MR) is 87.0 cm³/mol. The van der Waals surface area contributed by atoms with E-state index in [0.29, 0.717) is 6.04 Å². The largest absolute Gasteiger partial charge is 0.497 e. The highest BCUT2D eigenvalue weighted by atomic mass is 16.5. The molecule has 1 aromatic rings. The zero-order valence-electron chi connectivity index (χ0n) is 13.2. The number of likely N-dealkylation sites (tertiary alicyclic amines) is 1. The van der Waals surface area contributed by atoms with Crippen molar-refractivity contribution in [1.29, 1.82) is 0 Å². The first-order valence-electron chi connectivity index (χ1n) is 8.49. The van der Waals surface area contributed by atoms with E-state index in [9.17, 15) is 0 Å². The normalized spacial score (nSPS) is 22.8. The Hall–Kier alpha value is -1.06. The minimum Gasteiger partial charge on any atom is -0.497 e. The van der Waals surface area contributed by atoms with Gasteiger partial charge in [-0.1, -0.05) is 18.9 Å². The molecule has 3 nitrogen and oxygen atoms in total. The molecule has 1 saturated heterocycles. The van der Waals surface area contributed by atoms with Crippen LogP contribution < -0.4 is 10.1 Å². The van der Waals surface area contributed by atoms with Crippen LogP contribution in [0.25, 0.3) is 0 Å². The topological polar surface area (TPSA) is 24.5 Å². The molecule has 1 aliphatic carbocycles. The van der Waals surface area contributed by atoms with Crippen LogP contribution in [0.15, 0.2) is 18.2 Å². The summed E-state index contributed by atoms with van der Waals surface area (Å²) in [6, 6.07) is 7.04. The van der Waals surface area contributed by atoms with Gasteiger partial charge in [0.15, 0.2) is 0 Å². The number of hydrogen-bond acceptors (Lipinski definition) is 3. The lowest BCUT2D eigenvalue weighted by atomic mass is 10.1. The summed E-state index contributed by atoms with van der Waals surface area (Å²) in [6.07, 6.45) is 8.01. The Bertz CT molecular complexity index is 453. The van der Waals surface area contributed by atoms with E-state index in [1.54, 1.807) is 7.11 Å². The van der Waals surface area contributed by atoms with E-state index in [0.717, 1.165) is 12.3 Å². The van der Waals surface area contributed by atoms with E-state index in [4.69, 9.17) is 4.74 Å². The van der Waals surface area contributed by atoms with Crippen LogP contribution in [0.4, 0.5) is 0 Å². The van der Waals surface area contributed by atoms with Crippen molar-refractivity contribution in [2.24, 2.45) is 0 Å². The van der Waals surface area contributed by atoms with Gasteiger partial charge >= 0.3 is 0 Å². The van der Waals surface area contributed by atoms with Gasteiger partial charge in [-0.05, 0) is 62.0 Å². The number of nitrogens with one attached hydrogen (secondary N) is 1. The molecular formula is C18H28N2O. The maximum absolute atomic E-state index is 5.37. The van der Waals surface area contributed by atoms with Gasteiger partial charge in [0.1, 0.15) is 5.75 Å². The first-order valence-corrected chi connectivity index (χ1v) is 8.49. The van der Waals surface area contributed by atoms with Crippen LogP contribution in [-0.2, 0) is 6.42 Å². The maximum atomic E-state index is 5.37. The van der Waals surface area contributed by atoms with E-state index >= 15 is 0 Å². The maximum Gasteiger partial charge on any atom is 0.119 e. The van der Waals surface area contributed by atoms with Crippen molar-refractivity contribution in [2.75, 3.05) is 33.3 Å². The summed E-state index contributed by atoms with van der Waals surface area (Å²) in [5, 5.41) is 3.76. The van der Waals surface area contributed by atoms with Crippen molar-refractivity contribution in [2.45, 2.75) is 44.6 Å². The summed E-state index contributed by atoms with van der Waals surface area (Å²) < 4.78 is 5.37. The lowest BCUT2D eigenvalue weighted by Crippen LogP contribution is -2.34. The molecule has 0 saturated carbocycles. The highest BCUT2D eigenvalue weighted by Crippen LogP contribution is 2.33. The molecule has 0 amide bonds. The molecule has 1 unspecified atom stereocenters. The van der Waals surface area contributed by atoms with Crippen LogP contribution in [0.1, 0.15) is 49.3 Å². The van der Waals surface area contributed by atoms with Gasteiger partial charge in [0.2, 0.25) is 0 Å². The molecule has 2 aliphatic rings. The first kappa shape index (κ1) is 14.9. The molecule has 1 heterocycles. The fraction of sp³-hybridized carbons (Fsp3) is 0.667. The highest BCUT2D eigenvalue weighted by Gasteiger charge is 2.22. The summed E-state index contributed by atoms with van der Waals surface area (Å²) >= 11 is 0. The molecule has 116 valence electrons. The molecule has 3 heteroatoms. The van der Waals surface area contributed by atoms with E-state index in [1.807, 2.05) is 0 Å². The van der Waals surface area contributed by atoms with Gasteiger partial charge in [-0.3, -0.25) is 0 Å². The van der Waals surface area contributed by atoms with Crippen LogP contribution >= 0.6 is 0 Å². The van der Waals surface area contributed by atoms with Gasteiger partial charge in [0.25, 0.3) is 0 Å². The average molecular weight is 288 g/mol. The number of aryl methyl sites for hydroxylation is 1. The molecule has 1 aliphatic heterocycles. The molecule has 1 N–H and O–H groups in total. The molecule has 21 heavy (non-hydrogen) atoms. The third kappa shape index (κ3) is 3.78. The number of rotatable bonds is 5. The highest BCUT2D eigenvalue weighted by molar-refractivity contribution is 5.40. The quantitative estimate of drug-likeness (QED) is 0.901. The molecule has 3 rings (SSSR count). The van der Waals surface area contributed by atoms with Crippen molar-refractivity contribution < 1.29 is 4.74 Å². The predicted octanol–water partition coefficient (Wildman–Crippen LogP) is 3.15. The summed E-state index contributed by atoms with van der Waals surface area (Å²) in [5.74, 6) is 0.981. The Labute approximate surface area is 128 Å². The second-order valence-electron chi connectivity index (χ2n) is 6.37. The molecule has 0 aromatic heterocycles. The van der Waals surface area contributed by atoms with Crippen LogP contribution in [0, 0.1) is 0 Å². The number of benzene rings is 1. The van der Waals surface area contributed by atoms with Crippen LogP contribution in [0.3, 0.4) is 0 Å². The van der Waals surface area contributed by atoms with E-state index in [-0.39, 0.29) is 0 Å². The van der Waals surface area contributed by atoms with Crippen LogP contribution in [-0.4, -0.2) is 38.2 Å². The van der Waals surface area contributed by atoms with Gasteiger partial charge < -0.3 is 15.0 Å².